The number of aromatic nitrogens is 4. The number of hydrogen-bond donors (Lipinski definition) is 4. The minimum atomic E-state index is -2.78. The van der Waals surface area contributed by atoms with Gasteiger partial charge in [0.25, 0.3) is 0 Å². The van der Waals surface area contributed by atoms with Crippen LogP contribution in [0.15, 0.2) is 23.1 Å². The molecule has 10 heteroatoms. The molecule has 1 aliphatic heterocycles. The minimum absolute atomic E-state index is 0.146. The van der Waals surface area contributed by atoms with E-state index in [-0.39, 0.29) is 23.5 Å². The van der Waals surface area contributed by atoms with Crippen LogP contribution < -0.4 is 5.32 Å². The Hall–Kier alpha value is -1.72. The SMILES string of the molecule is [2H]C([2H])([2H])C(=CCNc1nc(SC)nc2c1ncn2[C@@H]1O[C@H](CO)C(O)C1O)C([2H])([2H])[2H]. The van der Waals surface area contributed by atoms with Gasteiger partial charge >= 0.3 is 0 Å². The van der Waals surface area contributed by atoms with E-state index in [1.54, 1.807) is 6.26 Å². The highest BCUT2D eigenvalue weighted by Gasteiger charge is 2.44. The van der Waals surface area contributed by atoms with Crippen LogP contribution in [-0.4, -0.2) is 72.6 Å². The predicted octanol–water partition coefficient (Wildman–Crippen LogP) is 0.538. The molecule has 0 aromatic carbocycles. The average molecular weight is 387 g/mol. The predicted molar refractivity (Wildman–Crippen MR) is 98.0 cm³/mol. The van der Waals surface area contributed by atoms with E-state index < -0.39 is 50.4 Å². The van der Waals surface area contributed by atoms with E-state index in [0.717, 1.165) is 6.08 Å². The molecule has 2 unspecified atom stereocenters. The Balaban J connectivity index is 1.95. The molecule has 0 bridgehead atoms. The molecule has 2 aromatic rings. The molecule has 142 valence electrons. The maximum absolute atomic E-state index is 10.3. The van der Waals surface area contributed by atoms with Crippen LogP contribution in [0.4, 0.5) is 5.82 Å². The number of anilines is 1. The van der Waals surface area contributed by atoms with Gasteiger partial charge in [-0.1, -0.05) is 23.4 Å². The lowest BCUT2D eigenvalue weighted by Crippen LogP contribution is -2.33. The summed E-state index contributed by atoms with van der Waals surface area (Å²) in [4.78, 5) is 12.9. The van der Waals surface area contributed by atoms with Crippen LogP contribution in [-0.2, 0) is 4.74 Å². The Bertz CT molecular complexity index is 982. The van der Waals surface area contributed by atoms with Gasteiger partial charge in [0.1, 0.15) is 18.3 Å². The Morgan fingerprint density at radius 3 is 2.88 bits per heavy atom. The first-order valence-corrected chi connectivity index (χ1v) is 8.97. The average Bonchev–Trinajstić information content (AvgIpc) is 3.24. The fraction of sp³-hybridized carbons (Fsp3) is 0.562. The van der Waals surface area contributed by atoms with Crippen molar-refractivity contribution in [2.45, 2.75) is 43.4 Å². The minimum Gasteiger partial charge on any atom is -0.394 e. The molecule has 3 rings (SSSR count). The molecule has 1 fully saturated rings. The molecule has 0 radical (unpaired) electrons. The molecule has 0 spiro atoms. The lowest BCUT2D eigenvalue weighted by Gasteiger charge is -2.17. The molecule has 0 aliphatic carbocycles. The lowest BCUT2D eigenvalue weighted by molar-refractivity contribution is -0.0511. The standard InChI is InChI=1S/C16H23N5O4S/c1-8(2)4-5-17-13-10-14(20-16(19-13)26-3)21(7-18-10)15-12(24)11(23)9(6-22)25-15/h4,7,9,11-12,15,22-24H,5-6H2,1-3H3,(H,17,19,20)/t9-,11?,12?,15-/m1/s1/i1D3,2D3. The summed E-state index contributed by atoms with van der Waals surface area (Å²) in [5, 5.41) is 32.9. The Kier molecular flexibility index (Phi) is 3.83. The summed E-state index contributed by atoms with van der Waals surface area (Å²) in [6.45, 7) is -6.19. The van der Waals surface area contributed by atoms with E-state index in [9.17, 15) is 15.3 Å². The third kappa shape index (κ3) is 3.55. The van der Waals surface area contributed by atoms with Crippen molar-refractivity contribution in [2.24, 2.45) is 0 Å². The van der Waals surface area contributed by atoms with E-state index in [2.05, 4.69) is 20.3 Å². The molecule has 1 saturated heterocycles. The first-order valence-electron chi connectivity index (χ1n) is 10.7. The topological polar surface area (TPSA) is 126 Å². The summed E-state index contributed by atoms with van der Waals surface area (Å²) >= 11 is 1.22. The molecule has 0 amide bonds. The van der Waals surface area contributed by atoms with Crippen LogP contribution in [0.2, 0.25) is 0 Å². The fourth-order valence-electron chi connectivity index (χ4n) is 2.66. The zero-order valence-electron chi connectivity index (χ0n) is 19.8. The Labute approximate surface area is 163 Å². The number of hydrogen-bond acceptors (Lipinski definition) is 9. The first kappa shape index (κ1) is 12.6. The van der Waals surface area contributed by atoms with Gasteiger partial charge in [-0.2, -0.15) is 0 Å². The summed E-state index contributed by atoms with van der Waals surface area (Å²) in [6, 6.07) is 0. The van der Waals surface area contributed by atoms with Crippen molar-refractivity contribution in [3.63, 3.8) is 0 Å². The quantitative estimate of drug-likeness (QED) is 0.319. The van der Waals surface area contributed by atoms with Gasteiger partial charge in [-0.25, -0.2) is 15.0 Å². The van der Waals surface area contributed by atoms with Gasteiger partial charge in [-0.3, -0.25) is 4.57 Å². The second-order valence-electron chi connectivity index (χ2n) is 5.61. The van der Waals surface area contributed by atoms with Gasteiger partial charge in [0.2, 0.25) is 0 Å². The third-order valence-electron chi connectivity index (χ3n) is 3.95. The Morgan fingerprint density at radius 2 is 2.23 bits per heavy atom. The number of imidazole rings is 1. The maximum atomic E-state index is 10.3. The van der Waals surface area contributed by atoms with Gasteiger partial charge < -0.3 is 25.4 Å². The van der Waals surface area contributed by atoms with Crippen LogP contribution in [0, 0.1) is 0 Å². The number of aliphatic hydroxyl groups is 3. The third-order valence-corrected chi connectivity index (χ3v) is 4.50. The molecular weight excluding hydrogens is 358 g/mol. The maximum Gasteiger partial charge on any atom is 0.191 e. The lowest BCUT2D eigenvalue weighted by atomic mass is 10.1. The van der Waals surface area contributed by atoms with Crippen molar-refractivity contribution in [3.8, 4) is 0 Å². The number of nitrogens with one attached hydrogen (secondary N) is 1. The van der Waals surface area contributed by atoms with Crippen LogP contribution in [0.5, 0.6) is 0 Å². The van der Waals surface area contributed by atoms with E-state index in [4.69, 9.17) is 13.0 Å². The highest BCUT2D eigenvalue weighted by Crippen LogP contribution is 2.32. The Morgan fingerprint density at radius 1 is 1.42 bits per heavy atom. The van der Waals surface area contributed by atoms with Crippen molar-refractivity contribution in [2.75, 3.05) is 24.7 Å². The molecule has 4 N–H and O–H groups in total. The molecule has 9 nitrogen and oxygen atoms in total. The highest BCUT2D eigenvalue weighted by molar-refractivity contribution is 7.98. The van der Waals surface area contributed by atoms with Crippen molar-refractivity contribution >= 4 is 28.7 Å². The molecule has 26 heavy (non-hydrogen) atoms. The van der Waals surface area contributed by atoms with Crippen LogP contribution in [0.3, 0.4) is 0 Å². The molecule has 1 aliphatic rings. The van der Waals surface area contributed by atoms with Gasteiger partial charge in [0.15, 0.2) is 28.4 Å². The summed E-state index contributed by atoms with van der Waals surface area (Å²) in [5.74, 6) is 0.219. The van der Waals surface area contributed by atoms with E-state index in [1.807, 2.05) is 0 Å². The number of rotatable bonds is 6. The zero-order valence-corrected chi connectivity index (χ0v) is 14.6. The second-order valence-corrected chi connectivity index (χ2v) is 6.38. The number of nitrogens with zero attached hydrogens (tertiary/aromatic N) is 4. The summed E-state index contributed by atoms with van der Waals surface area (Å²) < 4.78 is 51.6. The van der Waals surface area contributed by atoms with Gasteiger partial charge in [0.05, 0.1) is 12.9 Å². The van der Waals surface area contributed by atoms with E-state index in [0.29, 0.717) is 5.16 Å². The van der Waals surface area contributed by atoms with Crippen molar-refractivity contribution < 1.29 is 28.3 Å². The smallest absolute Gasteiger partial charge is 0.191 e. The molecule has 4 atom stereocenters. The van der Waals surface area contributed by atoms with E-state index >= 15 is 0 Å². The zero-order chi connectivity index (χ0) is 23.8. The monoisotopic (exact) mass is 387 g/mol. The van der Waals surface area contributed by atoms with Gasteiger partial charge in [-0.05, 0) is 20.0 Å². The molecule has 2 aromatic heterocycles. The van der Waals surface area contributed by atoms with Crippen LogP contribution in [0.1, 0.15) is 28.2 Å². The van der Waals surface area contributed by atoms with Gasteiger partial charge in [0, 0.05) is 14.8 Å². The molecular formula is C16H23N5O4S. The van der Waals surface area contributed by atoms with E-state index in [1.165, 1.54) is 22.7 Å². The largest absolute Gasteiger partial charge is 0.394 e. The summed E-state index contributed by atoms with van der Waals surface area (Å²) in [7, 11) is 0. The highest BCUT2D eigenvalue weighted by atomic mass is 32.2. The first-order chi connectivity index (χ1) is 14.9. The second kappa shape index (κ2) is 7.89. The van der Waals surface area contributed by atoms with Crippen molar-refractivity contribution in [1.82, 2.24) is 19.5 Å². The van der Waals surface area contributed by atoms with Crippen molar-refractivity contribution in [1.29, 1.82) is 0 Å². The number of ether oxygens (including phenoxy) is 1. The van der Waals surface area contributed by atoms with Crippen LogP contribution in [0.25, 0.3) is 11.2 Å². The van der Waals surface area contributed by atoms with Crippen LogP contribution >= 0.6 is 11.8 Å². The summed E-state index contributed by atoms with van der Waals surface area (Å²) in [6.07, 6.45) is -0.517. The number of fused-ring (bicyclic) bond motifs is 1. The normalized spacial score (nSPS) is 30.0. The van der Waals surface area contributed by atoms with Gasteiger partial charge in [-0.15, -0.1) is 0 Å². The fourth-order valence-corrected chi connectivity index (χ4v) is 3.02. The number of aliphatic hydroxyl groups excluding tert-OH is 3. The number of allylic oxidation sites excluding steroid dienone is 1. The van der Waals surface area contributed by atoms with Crippen molar-refractivity contribution in [3.05, 3.63) is 18.0 Å². The molecule has 3 heterocycles. The summed E-state index contributed by atoms with van der Waals surface area (Å²) in [5.41, 5.74) is -0.138. The molecule has 0 saturated carbocycles. The number of thioether (sulfide) groups is 1.